The van der Waals surface area contributed by atoms with E-state index in [-0.39, 0.29) is 5.37 Å². The van der Waals surface area contributed by atoms with Gasteiger partial charge in [-0.05, 0) is 23.6 Å². The highest BCUT2D eigenvalue weighted by Crippen LogP contribution is 2.23. The lowest BCUT2D eigenvalue weighted by Crippen LogP contribution is -2.36. The molecule has 0 spiro atoms. The summed E-state index contributed by atoms with van der Waals surface area (Å²) in [5, 5.41) is 12.2. The molecular weight excluding hydrogens is 274 g/mol. The summed E-state index contributed by atoms with van der Waals surface area (Å²) in [7, 11) is 0. The topological polar surface area (TPSA) is 58.6 Å². The molecule has 0 aliphatic carbocycles. The number of aliphatic carboxylic acids is 1. The molecule has 1 saturated heterocycles. The highest BCUT2D eigenvalue weighted by atomic mass is 32.2. The molecule has 2 atom stereocenters. The van der Waals surface area contributed by atoms with Gasteiger partial charge in [-0.2, -0.15) is 0 Å². The van der Waals surface area contributed by atoms with Gasteiger partial charge in [-0.3, -0.25) is 10.1 Å². The van der Waals surface area contributed by atoms with Crippen LogP contribution >= 0.6 is 11.8 Å². The van der Waals surface area contributed by atoms with Crippen molar-refractivity contribution in [3.8, 4) is 5.75 Å². The number of carboxylic acids is 1. The molecule has 1 aliphatic rings. The Kier molecular flexibility index (Phi) is 5.31. The maximum absolute atomic E-state index is 10.8. The average molecular weight is 295 g/mol. The molecule has 0 aromatic heterocycles. The lowest BCUT2D eigenvalue weighted by atomic mass is 10.0. The molecule has 0 amide bonds. The minimum Gasteiger partial charge on any atom is -0.494 e. The summed E-state index contributed by atoms with van der Waals surface area (Å²) in [5.41, 5.74) is 1.30. The Balaban J connectivity index is 1.72. The monoisotopic (exact) mass is 295 g/mol. The number of hydrogen-bond acceptors (Lipinski definition) is 4. The van der Waals surface area contributed by atoms with Crippen LogP contribution in [0.2, 0.25) is 0 Å². The predicted molar refractivity (Wildman–Crippen MR) is 81.4 cm³/mol. The molecule has 2 unspecified atom stereocenters. The van der Waals surface area contributed by atoms with E-state index in [0.29, 0.717) is 18.3 Å². The van der Waals surface area contributed by atoms with Gasteiger partial charge in [-0.25, -0.2) is 0 Å². The van der Waals surface area contributed by atoms with Gasteiger partial charge < -0.3 is 9.84 Å². The number of benzene rings is 1. The second kappa shape index (κ2) is 6.99. The van der Waals surface area contributed by atoms with Crippen molar-refractivity contribution in [1.82, 2.24) is 5.32 Å². The molecule has 0 radical (unpaired) electrons. The van der Waals surface area contributed by atoms with E-state index >= 15 is 0 Å². The lowest BCUT2D eigenvalue weighted by molar-refractivity contribution is -0.138. The zero-order valence-corrected chi connectivity index (χ0v) is 12.7. The second-order valence-corrected chi connectivity index (χ2v) is 6.48. The zero-order valence-electron chi connectivity index (χ0n) is 11.8. The first kappa shape index (κ1) is 15.2. The van der Waals surface area contributed by atoms with Crippen molar-refractivity contribution < 1.29 is 14.6 Å². The number of carbonyl (C=O) groups is 1. The van der Waals surface area contributed by atoms with Gasteiger partial charge in [-0.15, -0.1) is 11.8 Å². The van der Waals surface area contributed by atoms with Crippen molar-refractivity contribution in [2.24, 2.45) is 0 Å². The largest absolute Gasteiger partial charge is 0.494 e. The number of ether oxygens (including phenoxy) is 1. The quantitative estimate of drug-likeness (QED) is 0.845. The fourth-order valence-electron chi connectivity index (χ4n) is 2.08. The summed E-state index contributed by atoms with van der Waals surface area (Å²) in [5.74, 6) is 1.25. The van der Waals surface area contributed by atoms with Crippen molar-refractivity contribution in [3.63, 3.8) is 0 Å². The second-order valence-electron chi connectivity index (χ2n) is 5.24. The van der Waals surface area contributed by atoms with Gasteiger partial charge in [-0.1, -0.05) is 26.0 Å². The van der Waals surface area contributed by atoms with Crippen LogP contribution in [0.3, 0.4) is 0 Å². The number of nitrogens with one attached hydrogen (secondary N) is 1. The summed E-state index contributed by atoms with van der Waals surface area (Å²) in [4.78, 5) is 10.8. The van der Waals surface area contributed by atoms with E-state index in [1.54, 1.807) is 11.8 Å². The van der Waals surface area contributed by atoms with Crippen molar-refractivity contribution in [3.05, 3.63) is 29.8 Å². The third-order valence-electron chi connectivity index (χ3n) is 3.34. The van der Waals surface area contributed by atoms with Gasteiger partial charge in [0.05, 0.1) is 12.0 Å². The van der Waals surface area contributed by atoms with Crippen LogP contribution in [0.25, 0.3) is 0 Å². The molecule has 110 valence electrons. The van der Waals surface area contributed by atoms with E-state index in [2.05, 4.69) is 31.3 Å². The van der Waals surface area contributed by atoms with Crippen molar-refractivity contribution in [1.29, 1.82) is 0 Å². The summed E-state index contributed by atoms with van der Waals surface area (Å²) in [6, 6.07) is 7.73. The summed E-state index contributed by atoms with van der Waals surface area (Å²) in [6.45, 7) is 4.92. The number of thioether (sulfide) groups is 1. The van der Waals surface area contributed by atoms with E-state index < -0.39 is 12.0 Å². The van der Waals surface area contributed by atoms with Crippen LogP contribution in [-0.2, 0) is 4.79 Å². The van der Waals surface area contributed by atoms with Crippen LogP contribution in [0.5, 0.6) is 5.75 Å². The predicted octanol–water partition coefficient (Wildman–Crippen LogP) is 2.69. The number of hydrogen-bond donors (Lipinski definition) is 2. The first-order chi connectivity index (χ1) is 9.56. The molecular formula is C15H21NO3S. The normalized spacial score (nSPS) is 22.1. The third-order valence-corrected chi connectivity index (χ3v) is 4.64. The van der Waals surface area contributed by atoms with Crippen LogP contribution in [0.15, 0.2) is 24.3 Å². The Bertz CT molecular complexity index is 447. The molecule has 1 fully saturated rings. The first-order valence-electron chi connectivity index (χ1n) is 6.89. The number of rotatable bonds is 6. The summed E-state index contributed by atoms with van der Waals surface area (Å²) >= 11 is 1.65. The highest BCUT2D eigenvalue weighted by molar-refractivity contribution is 8.00. The first-order valence-corrected chi connectivity index (χ1v) is 7.94. The van der Waals surface area contributed by atoms with E-state index in [1.165, 1.54) is 5.56 Å². The van der Waals surface area contributed by atoms with Crippen LogP contribution < -0.4 is 10.1 Å². The van der Waals surface area contributed by atoms with E-state index in [9.17, 15) is 4.79 Å². The van der Waals surface area contributed by atoms with Gasteiger partial charge in [0.15, 0.2) is 0 Å². The van der Waals surface area contributed by atoms with Gasteiger partial charge in [0.2, 0.25) is 0 Å². The zero-order chi connectivity index (χ0) is 14.5. The molecule has 1 aliphatic heterocycles. The van der Waals surface area contributed by atoms with Gasteiger partial charge >= 0.3 is 5.97 Å². The highest BCUT2D eigenvalue weighted by Gasteiger charge is 2.28. The van der Waals surface area contributed by atoms with Crippen LogP contribution in [0.4, 0.5) is 0 Å². The molecule has 1 aromatic carbocycles. The third kappa shape index (κ3) is 4.15. The molecule has 5 heteroatoms. The standard InChI is InChI=1S/C15H21NO3S/c1-10(2)11-3-5-12(6-4-11)19-8-7-14-16-13(9-20-14)15(17)18/h3-6,10,13-14,16H,7-9H2,1-2H3,(H,17,18). The molecule has 2 N–H and O–H groups in total. The molecule has 4 nitrogen and oxygen atoms in total. The number of carboxylic acid groups (broad SMARTS) is 1. The van der Waals surface area contributed by atoms with Crippen molar-refractivity contribution >= 4 is 17.7 Å². The summed E-state index contributed by atoms with van der Waals surface area (Å²) < 4.78 is 5.70. The smallest absolute Gasteiger partial charge is 0.321 e. The Morgan fingerprint density at radius 1 is 1.45 bits per heavy atom. The molecule has 1 heterocycles. The van der Waals surface area contributed by atoms with Crippen LogP contribution in [0, 0.1) is 0 Å². The molecule has 1 aromatic rings. The van der Waals surface area contributed by atoms with Gasteiger partial charge in [0.1, 0.15) is 11.8 Å². The maximum Gasteiger partial charge on any atom is 0.321 e. The summed E-state index contributed by atoms with van der Waals surface area (Å²) in [6.07, 6.45) is 0.806. The van der Waals surface area contributed by atoms with E-state index in [4.69, 9.17) is 9.84 Å². The van der Waals surface area contributed by atoms with Crippen molar-refractivity contribution in [2.75, 3.05) is 12.4 Å². The van der Waals surface area contributed by atoms with Crippen molar-refractivity contribution in [2.45, 2.75) is 37.6 Å². The minimum atomic E-state index is -0.773. The minimum absolute atomic E-state index is 0.172. The maximum atomic E-state index is 10.8. The SMILES string of the molecule is CC(C)c1ccc(OCCC2NC(C(=O)O)CS2)cc1. The van der Waals surface area contributed by atoms with E-state index in [1.807, 2.05) is 12.1 Å². The fourth-order valence-corrected chi connectivity index (χ4v) is 3.26. The molecule has 0 bridgehead atoms. The average Bonchev–Trinajstić information content (AvgIpc) is 2.88. The Labute approximate surface area is 123 Å². The van der Waals surface area contributed by atoms with Gasteiger partial charge in [0, 0.05) is 12.2 Å². The lowest BCUT2D eigenvalue weighted by Gasteiger charge is -2.12. The molecule has 20 heavy (non-hydrogen) atoms. The molecule has 0 saturated carbocycles. The van der Waals surface area contributed by atoms with Gasteiger partial charge in [0.25, 0.3) is 0 Å². The van der Waals surface area contributed by atoms with E-state index in [0.717, 1.165) is 12.2 Å². The Morgan fingerprint density at radius 3 is 2.70 bits per heavy atom. The fraction of sp³-hybridized carbons (Fsp3) is 0.533. The Morgan fingerprint density at radius 2 is 2.15 bits per heavy atom. The molecule has 2 rings (SSSR count). The van der Waals surface area contributed by atoms with Crippen LogP contribution in [0.1, 0.15) is 31.7 Å². The Hall–Kier alpha value is -1.20. The van der Waals surface area contributed by atoms with Crippen LogP contribution in [-0.4, -0.2) is 34.9 Å².